The van der Waals surface area contributed by atoms with E-state index in [-0.39, 0.29) is 23.3 Å². The number of aliphatic hydroxyl groups is 1. The zero-order valence-electron chi connectivity index (χ0n) is 26.8. The van der Waals surface area contributed by atoms with Crippen molar-refractivity contribution in [3.05, 3.63) is 86.5 Å². The quantitative estimate of drug-likeness (QED) is 0.240. The van der Waals surface area contributed by atoms with Crippen molar-refractivity contribution < 1.29 is 14.6 Å². The number of ether oxygens (including phenoxy) is 1. The van der Waals surface area contributed by atoms with Gasteiger partial charge in [-0.25, -0.2) is 9.97 Å². The summed E-state index contributed by atoms with van der Waals surface area (Å²) in [6.45, 7) is 7.64. The first-order valence-corrected chi connectivity index (χ1v) is 16.3. The molecule has 1 aromatic carbocycles. The third-order valence-corrected chi connectivity index (χ3v) is 8.60. The minimum absolute atomic E-state index is 0.0913. The fourth-order valence-corrected chi connectivity index (χ4v) is 6.25. The highest BCUT2D eigenvalue weighted by Crippen LogP contribution is 2.27. The molecule has 5 aromatic rings. The SMILES string of the molecule is COc1ccc(Cn2nnc(/C=C/c3c(N4CCC[C@@H](O)C4)nc4cc(CC(=O)Nc5nc(C(C)(C)C)cs5)ccn4c3=O)n2)cc1. The lowest BCUT2D eigenvalue weighted by molar-refractivity contribution is -0.115. The highest BCUT2D eigenvalue weighted by atomic mass is 32.1. The fourth-order valence-electron chi connectivity index (χ4n) is 5.29. The molecule has 14 heteroatoms. The average molecular weight is 656 g/mol. The molecule has 1 aliphatic heterocycles. The number of carbonyl (C=O) groups is 1. The number of fused-ring (bicyclic) bond motifs is 1. The number of nitrogens with zero attached hydrogens (tertiary/aromatic N) is 8. The summed E-state index contributed by atoms with van der Waals surface area (Å²) in [7, 11) is 1.62. The van der Waals surface area contributed by atoms with Crippen molar-refractivity contribution >= 4 is 46.0 Å². The van der Waals surface area contributed by atoms with Gasteiger partial charge in [0.2, 0.25) is 5.91 Å². The highest BCUT2D eigenvalue weighted by Gasteiger charge is 2.24. The van der Waals surface area contributed by atoms with Crippen molar-refractivity contribution in [2.45, 2.75) is 58.1 Å². The number of thiazole rings is 1. The van der Waals surface area contributed by atoms with Gasteiger partial charge in [0.05, 0.1) is 37.4 Å². The minimum Gasteiger partial charge on any atom is -0.497 e. The Bertz CT molecular complexity index is 1970. The Morgan fingerprint density at radius 3 is 2.68 bits per heavy atom. The van der Waals surface area contributed by atoms with Crippen LogP contribution in [0, 0.1) is 0 Å². The number of hydrogen-bond donors (Lipinski definition) is 2. The van der Waals surface area contributed by atoms with Crippen molar-refractivity contribution in [1.82, 2.24) is 34.6 Å². The molecule has 5 heterocycles. The van der Waals surface area contributed by atoms with Crippen molar-refractivity contribution in [3.63, 3.8) is 0 Å². The van der Waals surface area contributed by atoms with Crippen molar-refractivity contribution in [2.75, 3.05) is 30.4 Å². The number of β-amino-alcohol motifs (C(OH)–C–C–N with tert-alkyl or cyclic N) is 1. The Labute approximate surface area is 275 Å². The number of carbonyl (C=O) groups excluding carboxylic acids is 1. The van der Waals surface area contributed by atoms with E-state index >= 15 is 0 Å². The summed E-state index contributed by atoms with van der Waals surface area (Å²) in [6.07, 6.45) is 5.92. The smallest absolute Gasteiger partial charge is 0.267 e. The van der Waals surface area contributed by atoms with E-state index in [1.54, 1.807) is 37.6 Å². The van der Waals surface area contributed by atoms with Crippen LogP contribution in [0.1, 0.15) is 61.8 Å². The van der Waals surface area contributed by atoms with E-state index in [0.29, 0.717) is 59.6 Å². The van der Waals surface area contributed by atoms with Crippen molar-refractivity contribution in [2.24, 2.45) is 0 Å². The first-order valence-electron chi connectivity index (χ1n) is 15.4. The monoisotopic (exact) mass is 655 g/mol. The molecule has 1 atom stereocenters. The van der Waals surface area contributed by atoms with Gasteiger partial charge in [-0.15, -0.1) is 21.5 Å². The van der Waals surface area contributed by atoms with E-state index in [4.69, 9.17) is 9.72 Å². The summed E-state index contributed by atoms with van der Waals surface area (Å²) in [5.74, 6) is 1.34. The highest BCUT2D eigenvalue weighted by molar-refractivity contribution is 7.13. The molecule has 244 valence electrons. The molecule has 4 aromatic heterocycles. The Hall–Kier alpha value is -4.95. The van der Waals surface area contributed by atoms with Crippen LogP contribution < -0.4 is 20.5 Å². The number of rotatable bonds is 9. The normalized spacial score (nSPS) is 15.4. The van der Waals surface area contributed by atoms with Crippen LogP contribution in [0.2, 0.25) is 0 Å². The van der Waals surface area contributed by atoms with Crippen LogP contribution in [0.15, 0.2) is 52.8 Å². The number of nitrogens with one attached hydrogen (secondary N) is 1. The number of aliphatic hydroxyl groups excluding tert-OH is 1. The summed E-state index contributed by atoms with van der Waals surface area (Å²) in [5, 5.41) is 28.5. The number of pyridine rings is 1. The lowest BCUT2D eigenvalue weighted by atomic mass is 9.93. The molecular formula is C33H37N9O4S. The van der Waals surface area contributed by atoms with Gasteiger partial charge in [0.1, 0.15) is 17.2 Å². The molecule has 1 amide bonds. The van der Waals surface area contributed by atoms with Gasteiger partial charge >= 0.3 is 0 Å². The molecule has 6 rings (SSSR count). The van der Waals surface area contributed by atoms with E-state index in [2.05, 4.69) is 46.5 Å². The van der Waals surface area contributed by atoms with Gasteiger partial charge in [-0.1, -0.05) is 32.9 Å². The molecule has 0 radical (unpaired) electrons. The van der Waals surface area contributed by atoms with E-state index in [0.717, 1.165) is 23.4 Å². The molecule has 0 bridgehead atoms. The third kappa shape index (κ3) is 7.55. The molecular weight excluding hydrogens is 618 g/mol. The maximum absolute atomic E-state index is 13.9. The molecule has 13 nitrogen and oxygen atoms in total. The maximum atomic E-state index is 13.9. The Balaban J connectivity index is 1.25. The second-order valence-corrected chi connectivity index (χ2v) is 13.4. The number of anilines is 2. The van der Waals surface area contributed by atoms with Crippen LogP contribution in [0.3, 0.4) is 0 Å². The first-order chi connectivity index (χ1) is 22.6. The van der Waals surface area contributed by atoms with Gasteiger partial charge in [-0.05, 0) is 65.6 Å². The molecule has 0 unspecified atom stereocenters. The minimum atomic E-state index is -0.528. The summed E-state index contributed by atoms with van der Waals surface area (Å²) < 4.78 is 6.67. The number of benzene rings is 1. The van der Waals surface area contributed by atoms with Crippen LogP contribution in [0.4, 0.5) is 10.9 Å². The lowest BCUT2D eigenvalue weighted by Crippen LogP contribution is -2.40. The largest absolute Gasteiger partial charge is 0.497 e. The van der Waals surface area contributed by atoms with Gasteiger partial charge in [0.15, 0.2) is 11.0 Å². The number of piperidine rings is 1. The van der Waals surface area contributed by atoms with Gasteiger partial charge in [0, 0.05) is 30.1 Å². The Morgan fingerprint density at radius 1 is 1.15 bits per heavy atom. The van der Waals surface area contributed by atoms with E-state index in [1.165, 1.54) is 20.5 Å². The number of amides is 1. The molecule has 1 fully saturated rings. The molecule has 1 aliphatic rings. The first kappa shape index (κ1) is 32.0. The topological polar surface area (TPSA) is 153 Å². The molecule has 0 aliphatic carbocycles. The third-order valence-electron chi connectivity index (χ3n) is 7.84. The van der Waals surface area contributed by atoms with Gasteiger partial charge in [0.25, 0.3) is 5.56 Å². The second kappa shape index (κ2) is 13.4. The van der Waals surface area contributed by atoms with Crippen LogP contribution in [0.25, 0.3) is 17.8 Å². The zero-order valence-corrected chi connectivity index (χ0v) is 27.6. The van der Waals surface area contributed by atoms with Gasteiger partial charge < -0.3 is 20.1 Å². The van der Waals surface area contributed by atoms with Crippen LogP contribution in [-0.2, 0) is 23.2 Å². The lowest BCUT2D eigenvalue weighted by Gasteiger charge is -2.32. The van der Waals surface area contributed by atoms with E-state index < -0.39 is 6.10 Å². The second-order valence-electron chi connectivity index (χ2n) is 12.5. The molecule has 1 saturated heterocycles. The van der Waals surface area contributed by atoms with E-state index in [1.807, 2.05) is 34.5 Å². The number of hydrogen-bond acceptors (Lipinski definition) is 11. The number of aromatic nitrogens is 7. The van der Waals surface area contributed by atoms with Crippen LogP contribution in [0.5, 0.6) is 5.75 Å². The maximum Gasteiger partial charge on any atom is 0.267 e. The molecule has 0 spiro atoms. The summed E-state index contributed by atoms with van der Waals surface area (Å²) in [4.78, 5) is 39.6. The fraction of sp³-hybridized carbons (Fsp3) is 0.364. The Kier molecular flexibility index (Phi) is 9.14. The van der Waals surface area contributed by atoms with Gasteiger partial charge in [-0.2, -0.15) is 4.80 Å². The van der Waals surface area contributed by atoms with Crippen molar-refractivity contribution in [3.8, 4) is 5.75 Å². The standard InChI is InChI=1S/C33H37N9O4S/c1-33(2,3)26-20-47-32(34-26)36-29(44)17-22-13-15-41-28(16-22)35-30(40-14-5-6-23(43)19-40)25(31(41)45)11-12-27-37-39-42(38-27)18-21-7-9-24(46-4)10-8-21/h7-13,15-16,20,23,43H,5-6,14,17-19H2,1-4H3,(H,34,36,44)/b12-11+/t23-/m1/s1. The molecule has 0 saturated carbocycles. The number of tetrazole rings is 1. The average Bonchev–Trinajstić information content (AvgIpc) is 3.70. The molecule has 47 heavy (non-hydrogen) atoms. The van der Waals surface area contributed by atoms with Gasteiger partial charge in [-0.3, -0.25) is 14.0 Å². The predicted molar refractivity (Wildman–Crippen MR) is 181 cm³/mol. The van der Waals surface area contributed by atoms with Crippen molar-refractivity contribution in [1.29, 1.82) is 0 Å². The summed E-state index contributed by atoms with van der Waals surface area (Å²) >= 11 is 1.39. The van der Waals surface area contributed by atoms with Crippen LogP contribution >= 0.6 is 11.3 Å². The number of methoxy groups -OCH3 is 1. The zero-order chi connectivity index (χ0) is 33.1. The Morgan fingerprint density at radius 2 is 1.96 bits per heavy atom. The summed E-state index contributed by atoms with van der Waals surface area (Å²) in [6, 6.07) is 11.1. The molecule has 2 N–H and O–H groups in total. The predicted octanol–water partition coefficient (Wildman–Crippen LogP) is 3.80. The van der Waals surface area contributed by atoms with Crippen LogP contribution in [-0.4, -0.2) is 71.9 Å². The van der Waals surface area contributed by atoms with E-state index in [9.17, 15) is 14.7 Å². The summed E-state index contributed by atoms with van der Waals surface area (Å²) in [5.41, 5.74) is 2.94.